The van der Waals surface area contributed by atoms with Crippen LogP contribution in [0.15, 0.2) is 91.4 Å². The number of ketones is 3. The van der Waals surface area contributed by atoms with E-state index in [-0.39, 0.29) is 29.6 Å². The first-order valence-corrected chi connectivity index (χ1v) is 17.1. The van der Waals surface area contributed by atoms with E-state index in [1.807, 2.05) is 96.8 Å². The van der Waals surface area contributed by atoms with Crippen molar-refractivity contribution < 1.29 is 28.7 Å². The number of halogens is 1. The maximum Gasteiger partial charge on any atom is 0.510 e. The van der Waals surface area contributed by atoms with Crippen LogP contribution >= 0.6 is 11.6 Å². The van der Waals surface area contributed by atoms with E-state index in [1.54, 1.807) is 47.7 Å². The van der Waals surface area contributed by atoms with Gasteiger partial charge in [0.25, 0.3) is 0 Å². The molecule has 3 heterocycles. The van der Waals surface area contributed by atoms with Gasteiger partial charge in [-0.3, -0.25) is 14.4 Å². The van der Waals surface area contributed by atoms with Crippen LogP contribution in [0.1, 0.15) is 79.5 Å². The lowest BCUT2D eigenvalue weighted by Crippen LogP contribution is -2.24. The average molecular weight is 732 g/mol. The standard InChI is InChI=1S/C12H14N2O.C12H13NO.C10H9NO.C6H11ClO3.H3N/c1-9(15)11-7-14(8-13-2)12-6-4-3-5-10(11)12;1-3-13-8-11(9(2)14)10-6-4-5-7-12(10)13;1-7(12)9-6-11-10-5-3-2-4-8(9)10;1-6(2,3)10-5(8)9-4-7;/h3-7,13H,8H2,1-2H3;4-8H,3H2,1-2H3;2-6,11H,1H3;4H2,1-3H3;1H3. The molecule has 0 atom stereocenters. The highest BCUT2D eigenvalue weighted by Crippen LogP contribution is 2.22. The number of carbonyl (C=O) groups excluding carboxylic acids is 4. The molecule has 3 aromatic heterocycles. The predicted octanol–water partition coefficient (Wildman–Crippen LogP) is 9.55. The van der Waals surface area contributed by atoms with Gasteiger partial charge in [-0.2, -0.15) is 0 Å². The van der Waals surface area contributed by atoms with E-state index >= 15 is 0 Å². The van der Waals surface area contributed by atoms with Gasteiger partial charge in [-0.05, 0) is 73.7 Å². The molecule has 0 aliphatic rings. The highest BCUT2D eigenvalue weighted by molar-refractivity contribution is 6.17. The number of ether oxygens (including phenoxy) is 2. The van der Waals surface area contributed by atoms with Gasteiger partial charge < -0.3 is 35.1 Å². The van der Waals surface area contributed by atoms with Crippen LogP contribution in [0.3, 0.4) is 0 Å². The fraction of sp³-hybridized carbons (Fsp3) is 0.300. The van der Waals surface area contributed by atoms with Crippen LogP contribution in [0.4, 0.5) is 4.79 Å². The number of alkyl halides is 1. The molecule has 278 valence electrons. The molecular formula is C40H50ClN5O6. The van der Waals surface area contributed by atoms with E-state index in [9.17, 15) is 19.2 Å². The van der Waals surface area contributed by atoms with Crippen molar-refractivity contribution in [2.75, 3.05) is 13.1 Å². The number of para-hydroxylation sites is 3. The zero-order valence-corrected chi connectivity index (χ0v) is 32.0. The number of carbonyl (C=O) groups is 4. The van der Waals surface area contributed by atoms with Crippen molar-refractivity contribution in [1.29, 1.82) is 0 Å². The number of nitrogens with one attached hydrogen (secondary N) is 2. The van der Waals surface area contributed by atoms with Crippen LogP contribution in [0.2, 0.25) is 0 Å². The summed E-state index contributed by atoms with van der Waals surface area (Å²) in [6.45, 7) is 13.7. The Morgan fingerprint density at radius 2 is 1.19 bits per heavy atom. The number of aromatic nitrogens is 3. The van der Waals surface area contributed by atoms with Gasteiger partial charge in [0.2, 0.25) is 0 Å². The summed E-state index contributed by atoms with van der Waals surface area (Å²) in [5.74, 6) is 0.349. The van der Waals surface area contributed by atoms with Crippen molar-refractivity contribution in [3.8, 4) is 0 Å². The molecule has 11 nitrogen and oxygen atoms in total. The van der Waals surface area contributed by atoms with Crippen molar-refractivity contribution >= 4 is 67.8 Å². The summed E-state index contributed by atoms with van der Waals surface area (Å²) < 4.78 is 13.2. The van der Waals surface area contributed by atoms with Gasteiger partial charge in [0.15, 0.2) is 23.4 Å². The van der Waals surface area contributed by atoms with Crippen LogP contribution in [-0.2, 0) is 22.7 Å². The van der Waals surface area contributed by atoms with Crippen LogP contribution in [-0.4, -0.2) is 56.3 Å². The van der Waals surface area contributed by atoms with Gasteiger partial charge in [-0.1, -0.05) is 66.2 Å². The van der Waals surface area contributed by atoms with Crippen molar-refractivity contribution in [2.45, 2.75) is 67.3 Å². The van der Waals surface area contributed by atoms with E-state index in [2.05, 4.69) is 26.5 Å². The zero-order valence-electron chi connectivity index (χ0n) is 31.2. The number of nitrogens with zero attached hydrogens (tertiary/aromatic N) is 2. The number of aryl methyl sites for hydroxylation is 1. The van der Waals surface area contributed by atoms with Crippen LogP contribution in [0, 0.1) is 0 Å². The van der Waals surface area contributed by atoms with Crippen molar-refractivity contribution in [3.63, 3.8) is 0 Å². The molecule has 52 heavy (non-hydrogen) atoms. The Morgan fingerprint density at radius 3 is 1.65 bits per heavy atom. The Hall–Kier alpha value is -5.23. The molecule has 0 aliphatic heterocycles. The zero-order chi connectivity index (χ0) is 37.7. The highest BCUT2D eigenvalue weighted by Gasteiger charge is 2.16. The molecule has 12 heteroatoms. The Labute approximate surface area is 309 Å². The Kier molecular flexibility index (Phi) is 16.5. The number of benzene rings is 3. The number of fused-ring (bicyclic) bond motifs is 3. The van der Waals surface area contributed by atoms with Gasteiger partial charge >= 0.3 is 6.16 Å². The molecule has 5 N–H and O–H groups in total. The smallest absolute Gasteiger partial charge is 0.429 e. The Balaban J connectivity index is 0.000000241. The normalized spacial score (nSPS) is 10.5. The number of rotatable bonds is 7. The molecule has 0 saturated heterocycles. The molecule has 3 aromatic carbocycles. The lowest BCUT2D eigenvalue weighted by atomic mass is 10.1. The first kappa shape index (κ1) is 42.9. The summed E-state index contributed by atoms with van der Waals surface area (Å²) in [4.78, 5) is 47.5. The molecule has 0 spiro atoms. The average Bonchev–Trinajstić information content (AvgIpc) is 3.79. The number of Topliss-reactive ketones (excluding diaryl/α,β-unsaturated/α-hetero) is 3. The van der Waals surface area contributed by atoms with Gasteiger partial charge in [-0.25, -0.2) is 4.79 Å². The lowest BCUT2D eigenvalue weighted by Gasteiger charge is -2.17. The second kappa shape index (κ2) is 20.0. The molecule has 0 saturated carbocycles. The molecule has 6 rings (SSSR count). The van der Waals surface area contributed by atoms with E-state index in [4.69, 9.17) is 16.3 Å². The van der Waals surface area contributed by atoms with Gasteiger partial charge in [-0.15, -0.1) is 0 Å². The SMILES string of the molecule is CC(=O)c1c[nH]c2ccccc12.CC(C)(C)OC(=O)OCCl.CCn1cc(C(C)=O)c2ccccc21.CNCn1cc(C(C)=O)c2ccccc21.N. The van der Waals surface area contributed by atoms with E-state index in [1.165, 1.54) is 0 Å². The molecule has 0 aliphatic carbocycles. The minimum atomic E-state index is -0.734. The van der Waals surface area contributed by atoms with E-state index in [0.29, 0.717) is 6.67 Å². The summed E-state index contributed by atoms with van der Waals surface area (Å²) in [5, 5.41) is 6.17. The summed E-state index contributed by atoms with van der Waals surface area (Å²) in [6.07, 6.45) is 4.87. The molecule has 0 amide bonds. The number of aromatic amines is 1. The van der Waals surface area contributed by atoms with Crippen molar-refractivity contribution in [2.24, 2.45) is 0 Å². The first-order valence-electron chi connectivity index (χ1n) is 16.5. The van der Waals surface area contributed by atoms with Crippen molar-refractivity contribution in [3.05, 3.63) is 108 Å². The molecule has 6 aromatic rings. The molecule has 0 fully saturated rings. The summed E-state index contributed by atoms with van der Waals surface area (Å²) in [7, 11) is 1.89. The Bertz CT molecular complexity index is 2100. The highest BCUT2D eigenvalue weighted by atomic mass is 35.5. The van der Waals surface area contributed by atoms with Gasteiger partial charge in [0.1, 0.15) is 5.60 Å². The quantitative estimate of drug-likeness (QED) is 0.0831. The number of hydrogen-bond donors (Lipinski definition) is 3. The largest absolute Gasteiger partial charge is 0.510 e. The lowest BCUT2D eigenvalue weighted by molar-refractivity contribution is 0.000289. The molecule has 0 radical (unpaired) electrons. The minimum Gasteiger partial charge on any atom is -0.429 e. The van der Waals surface area contributed by atoms with E-state index in [0.717, 1.165) is 55.9 Å². The third kappa shape index (κ3) is 11.7. The monoisotopic (exact) mass is 731 g/mol. The molecule has 0 bridgehead atoms. The van der Waals surface area contributed by atoms with Crippen molar-refractivity contribution in [1.82, 2.24) is 25.6 Å². The fourth-order valence-electron chi connectivity index (χ4n) is 5.30. The maximum absolute atomic E-state index is 11.4. The molecular weight excluding hydrogens is 682 g/mol. The Morgan fingerprint density at radius 1 is 0.731 bits per heavy atom. The van der Waals surface area contributed by atoms with Crippen LogP contribution in [0.25, 0.3) is 32.7 Å². The second-order valence-corrected chi connectivity index (χ2v) is 12.7. The van der Waals surface area contributed by atoms with Gasteiger partial charge in [0, 0.05) is 74.5 Å². The molecule has 0 unspecified atom stereocenters. The summed E-state index contributed by atoms with van der Waals surface area (Å²) in [5.41, 5.74) is 5.12. The van der Waals surface area contributed by atoms with E-state index < -0.39 is 11.8 Å². The topological polar surface area (TPSA) is 159 Å². The van der Waals surface area contributed by atoms with Crippen LogP contribution < -0.4 is 11.5 Å². The maximum atomic E-state index is 11.4. The van der Waals surface area contributed by atoms with Crippen LogP contribution in [0.5, 0.6) is 0 Å². The predicted molar refractivity (Wildman–Crippen MR) is 210 cm³/mol. The summed E-state index contributed by atoms with van der Waals surface area (Å²) >= 11 is 5.10. The number of H-pyrrole nitrogens is 1. The van der Waals surface area contributed by atoms with Gasteiger partial charge in [0.05, 0.1) is 6.67 Å². The minimum absolute atomic E-state index is 0. The first-order chi connectivity index (χ1) is 24.2. The summed E-state index contributed by atoms with van der Waals surface area (Å²) in [6, 6.07) is 23.6. The third-order valence-electron chi connectivity index (χ3n) is 7.54. The third-order valence-corrected chi connectivity index (χ3v) is 7.64. The fourth-order valence-corrected chi connectivity index (χ4v) is 5.39. The second-order valence-electron chi connectivity index (χ2n) is 12.5. The number of hydrogen-bond acceptors (Lipinski definition) is 8.